The summed E-state index contributed by atoms with van der Waals surface area (Å²) in [6.45, 7) is 0.346. The second kappa shape index (κ2) is 6.28. The monoisotopic (exact) mass is 297 g/mol. The van der Waals surface area contributed by atoms with Gasteiger partial charge in [-0.05, 0) is 0 Å². The van der Waals surface area contributed by atoms with E-state index in [2.05, 4.69) is 9.17 Å². The first kappa shape index (κ1) is 13.5. The van der Waals surface area contributed by atoms with Gasteiger partial charge in [-0.15, -0.1) is 0 Å². The highest BCUT2D eigenvalue weighted by Crippen LogP contribution is 2.35. The van der Waals surface area contributed by atoms with Crippen molar-refractivity contribution >= 4 is 18.5 Å². The van der Waals surface area contributed by atoms with Gasteiger partial charge in [0.05, 0.1) is 0 Å². The van der Waals surface area contributed by atoms with Gasteiger partial charge in [0.25, 0.3) is 5.22 Å². The van der Waals surface area contributed by atoms with Gasteiger partial charge in [-0.1, -0.05) is 60.7 Å². The summed E-state index contributed by atoms with van der Waals surface area (Å²) < 4.78 is 10.4. The van der Waals surface area contributed by atoms with Gasteiger partial charge in [0, 0.05) is 11.1 Å². The van der Waals surface area contributed by atoms with Crippen LogP contribution in [0.4, 0.5) is 0 Å². The Balaban J connectivity index is 2.08. The van der Waals surface area contributed by atoms with E-state index in [1.807, 2.05) is 60.7 Å². The summed E-state index contributed by atoms with van der Waals surface area (Å²) in [6.07, 6.45) is 0. The van der Waals surface area contributed by atoms with E-state index in [1.165, 1.54) is 0 Å². The van der Waals surface area contributed by atoms with Crippen molar-refractivity contribution in [3.8, 4) is 22.6 Å². The van der Waals surface area contributed by atoms with E-state index in [-0.39, 0.29) is 0 Å². The molecule has 0 N–H and O–H groups in total. The number of nitrogens with zero attached hydrogens (tertiary/aromatic N) is 1. The minimum atomic E-state index is 0.291. The molecular formula is C16H11NO3S. The number of carbonyl (C=O) groups excluding carboxylic acids is 1. The normalized spacial score (nSPS) is 10.3. The molecule has 1 heterocycles. The van der Waals surface area contributed by atoms with Gasteiger partial charge in [-0.3, -0.25) is 4.79 Å². The molecule has 0 radical (unpaired) electrons. The molecular weight excluding hydrogens is 286 g/mol. The van der Waals surface area contributed by atoms with Crippen LogP contribution in [-0.4, -0.2) is 11.5 Å². The summed E-state index contributed by atoms with van der Waals surface area (Å²) in [5, 5.41) is 0.291. The second-order valence-corrected chi connectivity index (χ2v) is 4.87. The van der Waals surface area contributed by atoms with Crippen molar-refractivity contribution in [2.75, 3.05) is 0 Å². The van der Waals surface area contributed by atoms with Crippen molar-refractivity contribution in [1.82, 2.24) is 4.98 Å². The molecule has 0 aliphatic heterocycles. The van der Waals surface area contributed by atoms with Crippen LogP contribution in [0.5, 0.6) is 0 Å². The van der Waals surface area contributed by atoms with E-state index >= 15 is 0 Å². The second-order valence-electron chi connectivity index (χ2n) is 4.17. The molecule has 0 fully saturated rings. The number of hydrogen-bond acceptors (Lipinski definition) is 5. The standard InChI is InChI=1S/C16H11NO3S/c18-11-19-21-16-17-14(12-7-3-1-4-8-12)15(20-16)13-9-5-2-6-10-13/h1-11H. The van der Waals surface area contributed by atoms with Crippen molar-refractivity contribution in [3.63, 3.8) is 0 Å². The van der Waals surface area contributed by atoms with Crippen molar-refractivity contribution in [1.29, 1.82) is 0 Å². The average molecular weight is 297 g/mol. The first-order valence-electron chi connectivity index (χ1n) is 6.27. The molecule has 1 aromatic heterocycles. The Bertz CT molecular complexity index is 669. The van der Waals surface area contributed by atoms with Crippen LogP contribution in [0.2, 0.25) is 0 Å². The van der Waals surface area contributed by atoms with Crippen molar-refractivity contribution in [3.05, 3.63) is 60.7 Å². The molecule has 104 valence electrons. The molecule has 0 aliphatic carbocycles. The molecule has 0 aliphatic rings. The smallest absolute Gasteiger partial charge is 0.305 e. The maximum atomic E-state index is 10.3. The number of carbonyl (C=O) groups is 1. The van der Waals surface area contributed by atoms with E-state index in [4.69, 9.17) is 4.42 Å². The summed E-state index contributed by atoms with van der Waals surface area (Å²) in [7, 11) is 0. The summed E-state index contributed by atoms with van der Waals surface area (Å²) in [6, 6.07) is 19.4. The fraction of sp³-hybridized carbons (Fsp3) is 0. The van der Waals surface area contributed by atoms with Crippen LogP contribution in [0, 0.1) is 0 Å². The third-order valence-corrected chi connectivity index (χ3v) is 3.34. The Morgan fingerprint density at radius 1 is 0.952 bits per heavy atom. The Kier molecular flexibility index (Phi) is 4.02. The van der Waals surface area contributed by atoms with Gasteiger partial charge in [-0.25, -0.2) is 4.98 Å². The molecule has 5 heteroatoms. The van der Waals surface area contributed by atoms with Crippen LogP contribution >= 0.6 is 12.0 Å². The number of benzene rings is 2. The van der Waals surface area contributed by atoms with Crippen molar-refractivity contribution in [2.45, 2.75) is 5.22 Å². The molecule has 0 unspecified atom stereocenters. The molecule has 0 saturated carbocycles. The fourth-order valence-corrected chi connectivity index (χ4v) is 2.34. The van der Waals surface area contributed by atoms with Crippen LogP contribution in [0.1, 0.15) is 0 Å². The highest BCUT2D eigenvalue weighted by Gasteiger charge is 2.17. The zero-order chi connectivity index (χ0) is 14.5. The Morgan fingerprint density at radius 2 is 1.57 bits per heavy atom. The fourth-order valence-electron chi connectivity index (χ4n) is 1.97. The summed E-state index contributed by atoms with van der Waals surface area (Å²) in [5.74, 6) is 0.652. The van der Waals surface area contributed by atoms with Gasteiger partial charge in [0.1, 0.15) is 5.69 Å². The van der Waals surface area contributed by atoms with Gasteiger partial charge < -0.3 is 8.60 Å². The predicted molar refractivity (Wildman–Crippen MR) is 80.4 cm³/mol. The Morgan fingerprint density at radius 3 is 2.19 bits per heavy atom. The van der Waals surface area contributed by atoms with Gasteiger partial charge in [0.2, 0.25) is 0 Å². The summed E-state index contributed by atoms with van der Waals surface area (Å²) in [4.78, 5) is 14.7. The van der Waals surface area contributed by atoms with Gasteiger partial charge >= 0.3 is 6.47 Å². The molecule has 3 aromatic rings. The number of aromatic nitrogens is 1. The summed E-state index contributed by atoms with van der Waals surface area (Å²) >= 11 is 0.799. The van der Waals surface area contributed by atoms with E-state index in [9.17, 15) is 4.79 Å². The van der Waals surface area contributed by atoms with E-state index in [1.54, 1.807) is 0 Å². The lowest BCUT2D eigenvalue weighted by Crippen LogP contribution is -1.82. The predicted octanol–water partition coefficient (Wildman–Crippen LogP) is 4.19. The average Bonchev–Trinajstić information content (AvgIpc) is 2.99. The zero-order valence-electron chi connectivity index (χ0n) is 10.9. The van der Waals surface area contributed by atoms with Crippen LogP contribution in [0.15, 0.2) is 70.3 Å². The van der Waals surface area contributed by atoms with Gasteiger partial charge in [-0.2, -0.15) is 0 Å². The quantitative estimate of drug-likeness (QED) is 0.522. The van der Waals surface area contributed by atoms with E-state index in [0.717, 1.165) is 28.9 Å². The van der Waals surface area contributed by atoms with Crippen LogP contribution in [0.3, 0.4) is 0 Å². The lowest BCUT2D eigenvalue weighted by Gasteiger charge is -2.00. The Hall–Kier alpha value is -2.53. The van der Waals surface area contributed by atoms with Crippen LogP contribution < -0.4 is 0 Å². The largest absolute Gasteiger partial charge is 0.428 e. The molecule has 0 bridgehead atoms. The molecule has 0 atom stereocenters. The third-order valence-electron chi connectivity index (χ3n) is 2.85. The maximum Gasteiger partial charge on any atom is 0.305 e. The molecule has 4 nitrogen and oxygen atoms in total. The molecule has 21 heavy (non-hydrogen) atoms. The topological polar surface area (TPSA) is 52.3 Å². The molecule has 0 spiro atoms. The lowest BCUT2D eigenvalue weighted by molar-refractivity contribution is -0.119. The van der Waals surface area contributed by atoms with Crippen molar-refractivity contribution < 1.29 is 13.4 Å². The SMILES string of the molecule is O=COSc1nc(-c2ccccc2)c(-c2ccccc2)o1. The first-order valence-corrected chi connectivity index (χ1v) is 7.01. The Labute approximate surface area is 126 Å². The van der Waals surface area contributed by atoms with Crippen LogP contribution in [-0.2, 0) is 8.98 Å². The minimum absolute atomic E-state index is 0.291. The minimum Gasteiger partial charge on any atom is -0.428 e. The number of hydrogen-bond donors (Lipinski definition) is 0. The zero-order valence-corrected chi connectivity index (χ0v) is 11.7. The first-order chi connectivity index (χ1) is 10.4. The molecule has 0 saturated heterocycles. The lowest BCUT2D eigenvalue weighted by atomic mass is 10.1. The third kappa shape index (κ3) is 2.98. The van der Waals surface area contributed by atoms with E-state index < -0.39 is 0 Å². The molecule has 2 aromatic carbocycles. The number of oxazole rings is 1. The van der Waals surface area contributed by atoms with E-state index in [0.29, 0.717) is 17.5 Å². The molecule has 3 rings (SSSR count). The highest BCUT2D eigenvalue weighted by molar-refractivity contribution is 7.94. The van der Waals surface area contributed by atoms with Crippen LogP contribution in [0.25, 0.3) is 22.6 Å². The van der Waals surface area contributed by atoms with Crippen molar-refractivity contribution in [2.24, 2.45) is 0 Å². The maximum absolute atomic E-state index is 10.3. The molecule has 0 amide bonds. The summed E-state index contributed by atoms with van der Waals surface area (Å²) in [5.41, 5.74) is 2.58. The number of rotatable bonds is 5. The van der Waals surface area contributed by atoms with Gasteiger partial charge in [0.15, 0.2) is 17.8 Å². The highest BCUT2D eigenvalue weighted by atomic mass is 32.2.